The Morgan fingerprint density at radius 1 is 1.41 bits per heavy atom. The molecule has 0 unspecified atom stereocenters. The number of nitrogens with zero attached hydrogens (tertiary/aromatic N) is 2. The van der Waals surface area contributed by atoms with Gasteiger partial charge >= 0.3 is 0 Å². The van der Waals surface area contributed by atoms with Crippen molar-refractivity contribution < 1.29 is 9.13 Å². The zero-order valence-corrected chi connectivity index (χ0v) is 10.8. The van der Waals surface area contributed by atoms with E-state index in [4.69, 9.17) is 16.3 Å². The topological polar surface area (TPSA) is 35.0 Å². The molecule has 3 nitrogen and oxygen atoms in total. The first-order valence-electron chi connectivity index (χ1n) is 5.81. The highest BCUT2D eigenvalue weighted by molar-refractivity contribution is 6.28. The minimum Gasteiger partial charge on any atom is -0.472 e. The third-order valence-electron chi connectivity index (χ3n) is 3.25. The van der Waals surface area contributed by atoms with Crippen LogP contribution in [0, 0.1) is 11.2 Å². The van der Waals surface area contributed by atoms with E-state index in [1.54, 1.807) is 0 Å². The van der Waals surface area contributed by atoms with E-state index in [1.165, 1.54) is 0 Å². The van der Waals surface area contributed by atoms with Gasteiger partial charge in [-0.15, -0.1) is 0 Å². The SMILES string of the molecule is CC1(C)CCC(Oc2nc(Cl)ncc2F)CC1. The molecule has 5 heteroatoms. The number of hydrogen-bond donors (Lipinski definition) is 0. The summed E-state index contributed by atoms with van der Waals surface area (Å²) in [5.41, 5.74) is 0.363. The lowest BCUT2D eigenvalue weighted by molar-refractivity contribution is 0.0908. The van der Waals surface area contributed by atoms with E-state index < -0.39 is 5.82 Å². The van der Waals surface area contributed by atoms with E-state index in [0.29, 0.717) is 5.41 Å². The summed E-state index contributed by atoms with van der Waals surface area (Å²) in [7, 11) is 0. The standard InChI is InChI=1S/C12H16ClFN2O/c1-12(2)5-3-8(4-6-12)17-10-9(14)7-15-11(13)16-10/h7-8H,3-6H2,1-2H3. The number of hydrogen-bond acceptors (Lipinski definition) is 3. The zero-order chi connectivity index (χ0) is 12.5. The first kappa shape index (κ1) is 12.6. The minimum absolute atomic E-state index is 0.0116. The van der Waals surface area contributed by atoms with Crippen LogP contribution in [-0.4, -0.2) is 16.1 Å². The molecule has 0 N–H and O–H groups in total. The Morgan fingerprint density at radius 2 is 2.06 bits per heavy atom. The molecule has 1 aliphatic rings. The number of halogens is 2. The van der Waals surface area contributed by atoms with Crippen LogP contribution < -0.4 is 4.74 Å². The molecular weight excluding hydrogens is 243 g/mol. The summed E-state index contributed by atoms with van der Waals surface area (Å²) in [6.07, 6.45) is 5.08. The summed E-state index contributed by atoms with van der Waals surface area (Å²) >= 11 is 5.61. The summed E-state index contributed by atoms with van der Waals surface area (Å²) in [5.74, 6) is -0.589. The number of rotatable bonds is 2. The Morgan fingerprint density at radius 3 is 2.71 bits per heavy atom. The largest absolute Gasteiger partial charge is 0.472 e. The monoisotopic (exact) mass is 258 g/mol. The van der Waals surface area contributed by atoms with Gasteiger partial charge in [0.05, 0.1) is 6.20 Å². The molecule has 2 rings (SSSR count). The molecule has 0 bridgehead atoms. The van der Waals surface area contributed by atoms with E-state index in [9.17, 15) is 4.39 Å². The summed E-state index contributed by atoms with van der Waals surface area (Å²) in [5, 5.41) is 0.0116. The molecule has 0 spiro atoms. The smallest absolute Gasteiger partial charge is 0.255 e. The van der Waals surface area contributed by atoms with E-state index in [-0.39, 0.29) is 17.3 Å². The quantitative estimate of drug-likeness (QED) is 0.760. The summed E-state index contributed by atoms with van der Waals surface area (Å²) in [4.78, 5) is 7.32. The van der Waals surface area contributed by atoms with Crippen molar-refractivity contribution in [1.29, 1.82) is 0 Å². The van der Waals surface area contributed by atoms with Crippen molar-refractivity contribution in [2.24, 2.45) is 5.41 Å². The zero-order valence-electron chi connectivity index (χ0n) is 10.0. The van der Waals surface area contributed by atoms with Gasteiger partial charge in [-0.3, -0.25) is 0 Å². The maximum atomic E-state index is 13.4. The van der Waals surface area contributed by atoms with Crippen molar-refractivity contribution in [2.45, 2.75) is 45.6 Å². The van der Waals surface area contributed by atoms with Crippen molar-refractivity contribution in [3.05, 3.63) is 17.3 Å². The molecule has 1 aromatic heterocycles. The normalized spacial score (nSPS) is 20.2. The van der Waals surface area contributed by atoms with Crippen LogP contribution in [0.4, 0.5) is 4.39 Å². The predicted octanol–water partition coefficient (Wildman–Crippen LogP) is 3.62. The van der Waals surface area contributed by atoms with Crippen LogP contribution in [0.5, 0.6) is 5.88 Å². The third-order valence-corrected chi connectivity index (χ3v) is 3.43. The molecule has 1 saturated carbocycles. The Bertz CT molecular complexity index is 401. The summed E-state index contributed by atoms with van der Waals surface area (Å²) < 4.78 is 18.9. The Labute approximate surface area is 105 Å². The molecule has 94 valence electrons. The maximum absolute atomic E-state index is 13.4. The average molecular weight is 259 g/mol. The van der Waals surface area contributed by atoms with Crippen LogP contribution >= 0.6 is 11.6 Å². The second kappa shape index (κ2) is 4.77. The van der Waals surface area contributed by atoms with Crippen LogP contribution in [0.2, 0.25) is 5.28 Å². The lowest BCUT2D eigenvalue weighted by Crippen LogP contribution is -2.28. The summed E-state index contributed by atoms with van der Waals surface area (Å²) in [6.45, 7) is 4.48. The van der Waals surface area contributed by atoms with Crippen molar-refractivity contribution in [2.75, 3.05) is 0 Å². The molecular formula is C12H16ClFN2O. The molecule has 1 aliphatic carbocycles. The van der Waals surface area contributed by atoms with Gasteiger partial charge in [-0.2, -0.15) is 9.37 Å². The molecule has 1 aromatic rings. The van der Waals surface area contributed by atoms with Gasteiger partial charge in [0.2, 0.25) is 11.1 Å². The molecule has 1 heterocycles. The second-order valence-electron chi connectivity index (χ2n) is 5.27. The highest BCUT2D eigenvalue weighted by Crippen LogP contribution is 2.36. The molecule has 1 fully saturated rings. The van der Waals surface area contributed by atoms with Gasteiger partial charge in [0.1, 0.15) is 6.10 Å². The lowest BCUT2D eigenvalue weighted by Gasteiger charge is -2.34. The van der Waals surface area contributed by atoms with Gasteiger partial charge in [0.15, 0.2) is 0 Å². The van der Waals surface area contributed by atoms with Gasteiger partial charge in [0, 0.05) is 0 Å². The molecule has 0 aliphatic heterocycles. The average Bonchev–Trinajstić information content (AvgIpc) is 2.26. The maximum Gasteiger partial charge on any atom is 0.255 e. The Kier molecular flexibility index (Phi) is 3.52. The molecule has 0 radical (unpaired) electrons. The van der Waals surface area contributed by atoms with E-state index in [1.807, 2.05) is 0 Å². The van der Waals surface area contributed by atoms with Gasteiger partial charge in [-0.05, 0) is 42.7 Å². The Balaban J connectivity index is 2.00. The number of ether oxygens (including phenoxy) is 1. The van der Waals surface area contributed by atoms with E-state index in [2.05, 4.69) is 23.8 Å². The van der Waals surface area contributed by atoms with Gasteiger partial charge in [0.25, 0.3) is 5.88 Å². The first-order chi connectivity index (χ1) is 7.96. The lowest BCUT2D eigenvalue weighted by atomic mass is 9.76. The molecule has 0 aromatic carbocycles. The third kappa shape index (κ3) is 3.28. The highest BCUT2D eigenvalue weighted by atomic mass is 35.5. The molecule has 0 saturated heterocycles. The molecule has 0 atom stereocenters. The van der Waals surface area contributed by atoms with E-state index >= 15 is 0 Å². The van der Waals surface area contributed by atoms with Crippen molar-refractivity contribution >= 4 is 11.6 Å². The van der Waals surface area contributed by atoms with E-state index in [0.717, 1.165) is 31.9 Å². The van der Waals surface area contributed by atoms with Crippen LogP contribution in [0.25, 0.3) is 0 Å². The van der Waals surface area contributed by atoms with Crippen molar-refractivity contribution in [3.8, 4) is 5.88 Å². The van der Waals surface area contributed by atoms with Crippen LogP contribution in [-0.2, 0) is 0 Å². The van der Waals surface area contributed by atoms with Gasteiger partial charge < -0.3 is 4.74 Å². The van der Waals surface area contributed by atoms with Gasteiger partial charge in [-0.25, -0.2) is 4.98 Å². The fourth-order valence-corrected chi connectivity index (χ4v) is 2.19. The minimum atomic E-state index is -0.556. The van der Waals surface area contributed by atoms with Crippen molar-refractivity contribution in [3.63, 3.8) is 0 Å². The second-order valence-corrected chi connectivity index (χ2v) is 5.61. The highest BCUT2D eigenvalue weighted by Gasteiger charge is 2.28. The number of aromatic nitrogens is 2. The van der Waals surface area contributed by atoms with Gasteiger partial charge in [-0.1, -0.05) is 13.8 Å². The van der Waals surface area contributed by atoms with Crippen LogP contribution in [0.15, 0.2) is 6.20 Å². The van der Waals surface area contributed by atoms with Crippen molar-refractivity contribution in [1.82, 2.24) is 9.97 Å². The fourth-order valence-electron chi connectivity index (χ4n) is 2.06. The van der Waals surface area contributed by atoms with Crippen LogP contribution in [0.3, 0.4) is 0 Å². The van der Waals surface area contributed by atoms with Crippen LogP contribution in [0.1, 0.15) is 39.5 Å². The molecule has 0 amide bonds. The predicted molar refractivity (Wildman–Crippen MR) is 63.7 cm³/mol. The molecule has 17 heavy (non-hydrogen) atoms. The summed E-state index contributed by atoms with van der Waals surface area (Å²) in [6, 6.07) is 0. The Hall–Kier alpha value is -0.900. The fraction of sp³-hybridized carbons (Fsp3) is 0.667. The first-order valence-corrected chi connectivity index (χ1v) is 6.19.